The minimum Gasteiger partial charge on any atom is -0.330 e. The lowest BCUT2D eigenvalue weighted by Crippen LogP contribution is -2.57. The van der Waals surface area contributed by atoms with Gasteiger partial charge in [0.15, 0.2) is 0 Å². The number of rotatable bonds is 6. The number of nitrogens with zero attached hydrogens (tertiary/aromatic N) is 4. The first-order valence-corrected chi connectivity index (χ1v) is 12.8. The van der Waals surface area contributed by atoms with E-state index in [0.717, 1.165) is 12.8 Å². The predicted octanol–water partition coefficient (Wildman–Crippen LogP) is -0.480. The molecule has 1 aromatic carbocycles. The van der Waals surface area contributed by atoms with Crippen molar-refractivity contribution < 1.29 is 18.0 Å². The summed E-state index contributed by atoms with van der Waals surface area (Å²) in [7, 11) is -3.83. The third kappa shape index (κ3) is 3.71. The highest BCUT2D eigenvalue weighted by Crippen LogP contribution is 2.48. The lowest BCUT2D eigenvalue weighted by atomic mass is 10.1. The quantitative estimate of drug-likeness (QED) is 0.567. The van der Waals surface area contributed by atoms with Crippen molar-refractivity contribution >= 4 is 21.8 Å². The van der Waals surface area contributed by atoms with Crippen molar-refractivity contribution in [2.75, 3.05) is 13.1 Å². The molecule has 176 valence electrons. The summed E-state index contributed by atoms with van der Waals surface area (Å²) in [4.78, 5) is 31.6. The van der Waals surface area contributed by atoms with Crippen LogP contribution in [0.15, 0.2) is 29.2 Å². The monoisotopic (exact) mass is 472 g/mol. The van der Waals surface area contributed by atoms with Crippen LogP contribution < -0.4 is 10.9 Å². The van der Waals surface area contributed by atoms with Gasteiger partial charge in [0.05, 0.1) is 29.1 Å². The molecule has 3 aliphatic heterocycles. The van der Waals surface area contributed by atoms with Gasteiger partial charge in [0.25, 0.3) is 0 Å². The lowest BCUT2D eigenvalue weighted by Gasteiger charge is -2.38. The van der Waals surface area contributed by atoms with E-state index in [-0.39, 0.29) is 47.4 Å². The zero-order chi connectivity index (χ0) is 23.7. The van der Waals surface area contributed by atoms with Crippen molar-refractivity contribution in [2.45, 2.75) is 67.3 Å². The van der Waals surface area contributed by atoms with E-state index in [9.17, 15) is 23.3 Å². The lowest BCUT2D eigenvalue weighted by molar-refractivity contribution is -0.141. The highest BCUT2D eigenvalue weighted by Gasteiger charge is 2.56. The molecule has 4 aliphatic rings. The maximum atomic E-state index is 13.2. The molecule has 5 rings (SSSR count). The molecule has 4 fully saturated rings. The Hall–Kier alpha value is -2.52. The summed E-state index contributed by atoms with van der Waals surface area (Å²) < 4.78 is 23.4. The van der Waals surface area contributed by atoms with Gasteiger partial charge in [0, 0.05) is 25.2 Å². The van der Waals surface area contributed by atoms with E-state index in [1.165, 1.54) is 12.1 Å². The molecule has 2 bridgehead atoms. The van der Waals surface area contributed by atoms with Gasteiger partial charge in [-0.25, -0.2) is 13.6 Å². The van der Waals surface area contributed by atoms with Gasteiger partial charge in [0.1, 0.15) is 6.04 Å². The average molecular weight is 473 g/mol. The van der Waals surface area contributed by atoms with Gasteiger partial charge in [-0.05, 0) is 49.8 Å². The van der Waals surface area contributed by atoms with Gasteiger partial charge in [-0.1, -0.05) is 12.1 Å². The van der Waals surface area contributed by atoms with Crippen LogP contribution in [0.3, 0.4) is 0 Å². The van der Waals surface area contributed by atoms with Crippen LogP contribution in [0.5, 0.6) is 0 Å². The predicted molar refractivity (Wildman–Crippen MR) is 118 cm³/mol. The van der Waals surface area contributed by atoms with Gasteiger partial charge >= 0.3 is 0 Å². The van der Waals surface area contributed by atoms with Crippen molar-refractivity contribution in [1.82, 2.24) is 14.7 Å². The molecule has 10 nitrogen and oxygen atoms in total. The topological polar surface area (TPSA) is 154 Å². The molecular weight excluding hydrogens is 444 g/mol. The molecular formula is C22H28N6O4S. The minimum atomic E-state index is -3.83. The second-order valence-electron chi connectivity index (χ2n) is 9.69. The van der Waals surface area contributed by atoms with Crippen LogP contribution in [0.1, 0.15) is 37.8 Å². The second kappa shape index (κ2) is 7.77. The fourth-order valence-corrected chi connectivity index (χ4v) is 6.49. The number of nitrogens with two attached hydrogens (primary N) is 2. The van der Waals surface area contributed by atoms with Crippen LogP contribution in [-0.4, -0.2) is 78.2 Å². The molecule has 0 aromatic heterocycles. The first-order valence-electron chi connectivity index (χ1n) is 11.3. The smallest absolute Gasteiger partial charge is 0.242 e. The Morgan fingerprint density at radius 3 is 2.73 bits per heavy atom. The summed E-state index contributed by atoms with van der Waals surface area (Å²) in [5, 5.41) is 14.6. The van der Waals surface area contributed by atoms with Crippen LogP contribution >= 0.6 is 0 Å². The second-order valence-corrected chi connectivity index (χ2v) is 11.3. The minimum absolute atomic E-state index is 0.0188. The first-order chi connectivity index (χ1) is 15.6. The summed E-state index contributed by atoms with van der Waals surface area (Å²) >= 11 is 0. The van der Waals surface area contributed by atoms with Crippen molar-refractivity contribution in [3.63, 3.8) is 0 Å². The number of nitriles is 1. The zero-order valence-electron chi connectivity index (χ0n) is 18.4. The van der Waals surface area contributed by atoms with Crippen molar-refractivity contribution in [1.29, 1.82) is 5.26 Å². The highest BCUT2D eigenvalue weighted by atomic mass is 32.2. The Labute approximate surface area is 193 Å². The standard InChI is InChI=1S/C22H28N6O4S/c1-12(13-3-2-4-17(6-13)33(25,31)32)27-16-8-20(22(27)30)26(10-16)11-18(24)21(29)28-15(9-23)5-14-7-19(14)28/h2-4,6,12,14-16,18-20H,5,7-8,10-11,24H2,1H3,(H2,25,31,32)/t12-,14?,15-,16+,18-,19-,20+/m0/s1. The van der Waals surface area contributed by atoms with E-state index in [4.69, 9.17) is 10.9 Å². The summed E-state index contributed by atoms with van der Waals surface area (Å²) in [5.41, 5.74) is 6.96. The number of carbonyl (C=O) groups excluding carboxylic acids is 2. The van der Waals surface area contributed by atoms with E-state index < -0.39 is 22.1 Å². The molecule has 7 atom stereocenters. The third-order valence-corrected chi connectivity index (χ3v) is 8.57. The van der Waals surface area contributed by atoms with E-state index in [1.807, 2.05) is 11.8 Å². The van der Waals surface area contributed by atoms with Crippen LogP contribution in [0, 0.1) is 17.2 Å². The van der Waals surface area contributed by atoms with E-state index >= 15 is 0 Å². The van der Waals surface area contributed by atoms with E-state index in [2.05, 4.69) is 6.07 Å². The summed E-state index contributed by atoms with van der Waals surface area (Å²) in [6, 6.07) is 6.86. The molecule has 1 saturated carbocycles. The maximum absolute atomic E-state index is 13.2. The molecule has 3 heterocycles. The highest BCUT2D eigenvalue weighted by molar-refractivity contribution is 7.89. The van der Waals surface area contributed by atoms with Crippen LogP contribution in [0.25, 0.3) is 0 Å². The van der Waals surface area contributed by atoms with Crippen LogP contribution in [0.4, 0.5) is 0 Å². The number of benzene rings is 1. The third-order valence-electron chi connectivity index (χ3n) is 7.66. The Balaban J connectivity index is 1.25. The molecule has 4 N–H and O–H groups in total. The normalized spacial score (nSPS) is 32.5. The van der Waals surface area contributed by atoms with Gasteiger partial charge in [-0.3, -0.25) is 14.5 Å². The number of hydrogen-bond donors (Lipinski definition) is 2. The molecule has 0 radical (unpaired) electrons. The Morgan fingerprint density at radius 1 is 1.30 bits per heavy atom. The molecule has 11 heteroatoms. The molecule has 2 amide bonds. The van der Waals surface area contributed by atoms with E-state index in [0.29, 0.717) is 24.4 Å². The van der Waals surface area contributed by atoms with Gasteiger partial charge < -0.3 is 15.5 Å². The fourth-order valence-electron chi connectivity index (χ4n) is 5.92. The molecule has 33 heavy (non-hydrogen) atoms. The number of fused-ring (bicyclic) bond motifs is 3. The number of piperazine rings is 1. The van der Waals surface area contributed by atoms with Crippen molar-refractivity contribution in [3.8, 4) is 6.07 Å². The largest absolute Gasteiger partial charge is 0.330 e. The number of hydrogen-bond acceptors (Lipinski definition) is 7. The first kappa shape index (κ1) is 22.3. The number of carbonyl (C=O) groups is 2. The number of piperidine rings is 1. The van der Waals surface area contributed by atoms with Crippen LogP contribution in [-0.2, 0) is 19.6 Å². The summed E-state index contributed by atoms with van der Waals surface area (Å²) in [5.74, 6) is 0.183. The number of primary sulfonamides is 1. The molecule has 1 unspecified atom stereocenters. The Morgan fingerprint density at radius 2 is 2.06 bits per heavy atom. The Kier molecular flexibility index (Phi) is 5.25. The average Bonchev–Trinajstić information content (AvgIpc) is 3.11. The Bertz CT molecular complexity index is 1150. The number of likely N-dealkylation sites (tertiary alicyclic amines) is 3. The maximum Gasteiger partial charge on any atom is 0.242 e. The van der Waals surface area contributed by atoms with Crippen molar-refractivity contribution in [3.05, 3.63) is 29.8 Å². The molecule has 1 aromatic rings. The molecule has 1 aliphatic carbocycles. The van der Waals surface area contributed by atoms with E-state index in [1.54, 1.807) is 21.9 Å². The van der Waals surface area contributed by atoms with Gasteiger partial charge in [-0.2, -0.15) is 5.26 Å². The van der Waals surface area contributed by atoms with Crippen molar-refractivity contribution in [2.24, 2.45) is 16.8 Å². The number of amides is 2. The van der Waals surface area contributed by atoms with Gasteiger partial charge in [-0.15, -0.1) is 0 Å². The molecule has 3 saturated heterocycles. The summed E-state index contributed by atoms with van der Waals surface area (Å²) in [6.45, 7) is 2.76. The SMILES string of the molecule is C[C@@H](c1cccc(S(N)(=O)=O)c1)N1C(=O)[C@H]2C[C@@H]1CN2C[C@H](N)C(=O)N1[C@H](C#N)CC2C[C@@H]21. The number of sulfonamides is 1. The molecule has 0 spiro atoms. The summed E-state index contributed by atoms with van der Waals surface area (Å²) in [6.07, 6.45) is 2.32. The van der Waals surface area contributed by atoms with Crippen LogP contribution in [0.2, 0.25) is 0 Å². The zero-order valence-corrected chi connectivity index (χ0v) is 19.2. The van der Waals surface area contributed by atoms with Gasteiger partial charge in [0.2, 0.25) is 21.8 Å². The fraction of sp³-hybridized carbons (Fsp3) is 0.591.